The highest BCUT2D eigenvalue weighted by Crippen LogP contribution is 2.21. The predicted octanol–water partition coefficient (Wildman–Crippen LogP) is 4.96. The Labute approximate surface area is 151 Å². The predicted molar refractivity (Wildman–Crippen MR) is 107 cm³/mol. The van der Waals surface area contributed by atoms with Crippen molar-refractivity contribution in [1.29, 1.82) is 0 Å². The molecule has 0 saturated carbocycles. The molecule has 0 unspecified atom stereocenters. The van der Waals surface area contributed by atoms with Crippen LogP contribution < -0.4 is 10.0 Å². The van der Waals surface area contributed by atoms with Crippen LogP contribution in [0, 0.1) is 0 Å². The van der Waals surface area contributed by atoms with Gasteiger partial charge in [0.25, 0.3) is 0 Å². The van der Waals surface area contributed by atoms with Crippen molar-refractivity contribution in [2.45, 2.75) is 51.8 Å². The van der Waals surface area contributed by atoms with Crippen LogP contribution in [0.2, 0.25) is 0 Å². The third-order valence-corrected chi connectivity index (χ3v) is 6.20. The molecule has 0 amide bonds. The highest BCUT2D eigenvalue weighted by molar-refractivity contribution is 7.94. The van der Waals surface area contributed by atoms with Gasteiger partial charge in [0, 0.05) is 17.9 Å². The first-order valence-electron chi connectivity index (χ1n) is 8.53. The number of sulfonamides is 1. The smallest absolute Gasteiger partial charge is 0.237 e. The molecule has 0 aliphatic heterocycles. The molecule has 2 rings (SSSR count). The fourth-order valence-corrected chi connectivity index (χ4v) is 2.94. The minimum Gasteiger partial charge on any atom is -0.381 e. The van der Waals surface area contributed by atoms with Gasteiger partial charge in [-0.05, 0) is 62.1 Å². The van der Waals surface area contributed by atoms with Crippen molar-refractivity contribution in [3.05, 3.63) is 59.7 Å². The first-order valence-corrected chi connectivity index (χ1v) is 10.0. The van der Waals surface area contributed by atoms with Crippen LogP contribution in [0.3, 0.4) is 0 Å². The number of rotatable bonds is 6. The maximum atomic E-state index is 12.2. The van der Waals surface area contributed by atoms with Crippen molar-refractivity contribution >= 4 is 21.4 Å². The Bertz CT molecular complexity index is 787. The normalized spacial score (nSPS) is 12.2. The number of hydrogen-bond acceptors (Lipinski definition) is 3. The van der Waals surface area contributed by atoms with Gasteiger partial charge >= 0.3 is 0 Å². The third kappa shape index (κ3) is 5.23. The summed E-state index contributed by atoms with van der Waals surface area (Å²) in [7, 11) is -3.40. The van der Waals surface area contributed by atoms with E-state index in [9.17, 15) is 8.42 Å². The van der Waals surface area contributed by atoms with Crippen LogP contribution in [0.25, 0.3) is 0 Å². The molecule has 2 aromatic rings. The fourth-order valence-electron chi connectivity index (χ4n) is 2.19. The molecule has 0 spiro atoms. The molecule has 0 fully saturated rings. The molecule has 136 valence electrons. The maximum absolute atomic E-state index is 12.2. The Morgan fingerprint density at radius 2 is 1.40 bits per heavy atom. The van der Waals surface area contributed by atoms with Crippen LogP contribution in [0.4, 0.5) is 11.4 Å². The average Bonchev–Trinajstić information content (AvgIpc) is 2.53. The van der Waals surface area contributed by atoms with Gasteiger partial charge in [0.15, 0.2) is 0 Å². The van der Waals surface area contributed by atoms with Gasteiger partial charge in [0.2, 0.25) is 10.0 Å². The van der Waals surface area contributed by atoms with Crippen LogP contribution in [0.5, 0.6) is 0 Å². The van der Waals surface area contributed by atoms with Gasteiger partial charge in [-0.15, -0.1) is 0 Å². The molecule has 0 atom stereocenters. The molecule has 0 radical (unpaired) electrons. The lowest BCUT2D eigenvalue weighted by molar-refractivity contribution is 0.566. The van der Waals surface area contributed by atoms with Gasteiger partial charge < -0.3 is 5.32 Å². The van der Waals surface area contributed by atoms with Crippen LogP contribution in [-0.2, 0) is 16.6 Å². The van der Waals surface area contributed by atoms with E-state index in [0.717, 1.165) is 11.3 Å². The van der Waals surface area contributed by atoms with Gasteiger partial charge in [-0.1, -0.05) is 38.1 Å². The Morgan fingerprint density at radius 3 is 1.88 bits per heavy atom. The summed E-state index contributed by atoms with van der Waals surface area (Å²) in [6, 6.07) is 15.9. The van der Waals surface area contributed by atoms with Gasteiger partial charge in [-0.2, -0.15) is 0 Å². The number of benzene rings is 2. The molecule has 0 aliphatic rings. The molecule has 0 saturated heterocycles. The van der Waals surface area contributed by atoms with Crippen molar-refractivity contribution in [3.8, 4) is 0 Å². The zero-order valence-electron chi connectivity index (χ0n) is 15.6. The zero-order chi connectivity index (χ0) is 18.7. The topological polar surface area (TPSA) is 58.2 Å². The second kappa shape index (κ2) is 7.48. The number of nitrogens with one attached hydrogen (secondary N) is 2. The van der Waals surface area contributed by atoms with Crippen LogP contribution in [0.15, 0.2) is 48.5 Å². The lowest BCUT2D eigenvalue weighted by Crippen LogP contribution is -2.33. The Kier molecular flexibility index (Phi) is 5.78. The summed E-state index contributed by atoms with van der Waals surface area (Å²) in [5, 5.41) is 3.38. The molecular weight excluding hydrogens is 332 g/mol. The average molecular weight is 361 g/mol. The monoisotopic (exact) mass is 360 g/mol. The molecule has 0 heterocycles. The van der Waals surface area contributed by atoms with Gasteiger partial charge in [0.05, 0.1) is 4.75 Å². The minimum atomic E-state index is -3.40. The van der Waals surface area contributed by atoms with Crippen molar-refractivity contribution in [3.63, 3.8) is 0 Å². The van der Waals surface area contributed by atoms with Gasteiger partial charge in [-0.3, -0.25) is 4.72 Å². The summed E-state index contributed by atoms with van der Waals surface area (Å²) in [5.41, 5.74) is 4.06. The first-order chi connectivity index (χ1) is 11.6. The van der Waals surface area contributed by atoms with E-state index in [4.69, 9.17) is 0 Å². The summed E-state index contributed by atoms with van der Waals surface area (Å²) < 4.78 is 26.1. The first kappa shape index (κ1) is 19.3. The molecule has 0 bridgehead atoms. The fraction of sp³-hybridized carbons (Fsp3) is 0.400. The molecule has 2 N–H and O–H groups in total. The lowest BCUT2D eigenvalue weighted by atomic mass is 10.0. The van der Waals surface area contributed by atoms with E-state index < -0.39 is 14.8 Å². The summed E-state index contributed by atoms with van der Waals surface area (Å²) in [5.74, 6) is 0.526. The highest BCUT2D eigenvalue weighted by atomic mass is 32.2. The Balaban J connectivity index is 1.96. The lowest BCUT2D eigenvalue weighted by Gasteiger charge is -2.20. The van der Waals surface area contributed by atoms with Gasteiger partial charge in [0.1, 0.15) is 0 Å². The summed E-state index contributed by atoms with van der Waals surface area (Å²) in [4.78, 5) is 0. The molecule has 0 aromatic heterocycles. The molecule has 4 nitrogen and oxygen atoms in total. The third-order valence-electron chi connectivity index (χ3n) is 4.09. The van der Waals surface area contributed by atoms with Crippen molar-refractivity contribution in [1.82, 2.24) is 0 Å². The maximum Gasteiger partial charge on any atom is 0.237 e. The molecule has 0 aliphatic carbocycles. The number of hydrogen-bond donors (Lipinski definition) is 2. The van der Waals surface area contributed by atoms with Crippen LogP contribution >= 0.6 is 0 Å². The summed E-state index contributed by atoms with van der Waals surface area (Å²) in [6.45, 7) is 10.1. The largest absolute Gasteiger partial charge is 0.381 e. The standard InChI is InChI=1S/C20H28N2O2S/c1-15(2)17-8-12-18(13-9-17)21-14-16-6-10-19(11-7-16)22-25(23,24)20(3,4)5/h6-13,15,21-22H,14H2,1-5H3. The number of anilines is 2. The second-order valence-electron chi connectivity index (χ2n) is 7.55. The molecule has 2 aromatic carbocycles. The van der Waals surface area contributed by atoms with Crippen LogP contribution in [-0.4, -0.2) is 13.2 Å². The van der Waals surface area contributed by atoms with E-state index in [1.54, 1.807) is 32.9 Å². The Morgan fingerprint density at radius 1 is 0.880 bits per heavy atom. The van der Waals surface area contributed by atoms with E-state index in [1.165, 1.54) is 5.56 Å². The summed E-state index contributed by atoms with van der Waals surface area (Å²) in [6.07, 6.45) is 0. The van der Waals surface area contributed by atoms with E-state index in [-0.39, 0.29) is 0 Å². The van der Waals surface area contributed by atoms with E-state index in [0.29, 0.717) is 18.2 Å². The van der Waals surface area contributed by atoms with Crippen LogP contribution in [0.1, 0.15) is 51.7 Å². The molecule has 25 heavy (non-hydrogen) atoms. The second-order valence-corrected chi connectivity index (χ2v) is 9.98. The van der Waals surface area contributed by atoms with Crippen molar-refractivity contribution < 1.29 is 8.42 Å². The summed E-state index contributed by atoms with van der Waals surface area (Å²) >= 11 is 0. The van der Waals surface area contributed by atoms with Crippen molar-refractivity contribution in [2.24, 2.45) is 0 Å². The quantitative estimate of drug-likeness (QED) is 0.765. The molecular formula is C20H28N2O2S. The Hall–Kier alpha value is -2.01. The molecule has 5 heteroatoms. The van der Waals surface area contributed by atoms with Gasteiger partial charge in [-0.25, -0.2) is 8.42 Å². The SMILES string of the molecule is CC(C)c1ccc(NCc2ccc(NS(=O)(=O)C(C)(C)C)cc2)cc1. The van der Waals surface area contributed by atoms with E-state index in [1.807, 2.05) is 12.1 Å². The van der Waals surface area contributed by atoms with Crippen molar-refractivity contribution in [2.75, 3.05) is 10.0 Å². The van der Waals surface area contributed by atoms with E-state index in [2.05, 4.69) is 48.2 Å². The van der Waals surface area contributed by atoms with E-state index >= 15 is 0 Å². The highest BCUT2D eigenvalue weighted by Gasteiger charge is 2.28. The minimum absolute atomic E-state index is 0.526. The zero-order valence-corrected chi connectivity index (χ0v) is 16.4.